The standard InChI is InChI=1S/C24H28N4/c1-19-13-15-28(16-14-19)24-25-22(21-11-7-4-8-12-21)17-23(26-24)27(2)18-20-9-5-3-6-10-20/h3-12,17,19H,13-16,18H2,1-2H3. The van der Waals surface area contributed by atoms with Crippen LogP contribution in [0.15, 0.2) is 66.7 Å². The molecule has 144 valence electrons. The van der Waals surface area contributed by atoms with Gasteiger partial charge in [0.25, 0.3) is 0 Å². The third kappa shape index (κ3) is 4.33. The van der Waals surface area contributed by atoms with Crippen LogP contribution >= 0.6 is 0 Å². The minimum absolute atomic E-state index is 0.786. The molecule has 0 radical (unpaired) electrons. The van der Waals surface area contributed by atoms with Gasteiger partial charge in [-0.25, -0.2) is 4.98 Å². The molecule has 2 heterocycles. The minimum Gasteiger partial charge on any atom is -0.355 e. The summed E-state index contributed by atoms with van der Waals surface area (Å²) < 4.78 is 0. The number of anilines is 2. The summed E-state index contributed by atoms with van der Waals surface area (Å²) in [5.74, 6) is 2.60. The number of nitrogens with zero attached hydrogens (tertiary/aromatic N) is 4. The van der Waals surface area contributed by atoms with Gasteiger partial charge >= 0.3 is 0 Å². The predicted octanol–water partition coefficient (Wildman–Crippen LogP) is 5.02. The summed E-state index contributed by atoms with van der Waals surface area (Å²) in [6.07, 6.45) is 2.40. The molecule has 4 rings (SSSR count). The Hall–Kier alpha value is -2.88. The van der Waals surface area contributed by atoms with Gasteiger partial charge in [0.1, 0.15) is 5.82 Å². The normalized spacial score (nSPS) is 14.9. The molecule has 28 heavy (non-hydrogen) atoms. The third-order valence-electron chi connectivity index (χ3n) is 5.49. The Labute approximate surface area is 167 Å². The molecule has 3 aromatic rings. The Morgan fingerprint density at radius 3 is 2.25 bits per heavy atom. The Morgan fingerprint density at radius 2 is 1.57 bits per heavy atom. The van der Waals surface area contributed by atoms with Crippen molar-refractivity contribution in [2.24, 2.45) is 5.92 Å². The molecule has 0 aliphatic carbocycles. The number of piperidine rings is 1. The van der Waals surface area contributed by atoms with Crippen molar-refractivity contribution in [3.63, 3.8) is 0 Å². The van der Waals surface area contributed by atoms with Crippen LogP contribution in [-0.2, 0) is 6.54 Å². The molecule has 0 bridgehead atoms. The summed E-state index contributed by atoms with van der Waals surface area (Å²) in [5.41, 5.74) is 3.39. The second-order valence-electron chi connectivity index (χ2n) is 7.79. The smallest absolute Gasteiger partial charge is 0.227 e. The molecule has 0 N–H and O–H groups in total. The first-order valence-electron chi connectivity index (χ1n) is 10.1. The van der Waals surface area contributed by atoms with Gasteiger partial charge in [-0.1, -0.05) is 67.6 Å². The van der Waals surface area contributed by atoms with Crippen molar-refractivity contribution in [3.8, 4) is 11.3 Å². The summed E-state index contributed by atoms with van der Waals surface area (Å²) >= 11 is 0. The molecule has 1 aromatic heterocycles. The van der Waals surface area contributed by atoms with Crippen LogP contribution in [0.2, 0.25) is 0 Å². The van der Waals surface area contributed by atoms with Gasteiger partial charge in [-0.05, 0) is 24.3 Å². The number of benzene rings is 2. The highest BCUT2D eigenvalue weighted by Crippen LogP contribution is 2.27. The average molecular weight is 373 g/mol. The number of aromatic nitrogens is 2. The zero-order chi connectivity index (χ0) is 19.3. The highest BCUT2D eigenvalue weighted by Gasteiger charge is 2.20. The lowest BCUT2D eigenvalue weighted by Gasteiger charge is -2.31. The molecule has 1 fully saturated rings. The largest absolute Gasteiger partial charge is 0.355 e. The topological polar surface area (TPSA) is 32.3 Å². The molecule has 0 amide bonds. The first-order chi connectivity index (χ1) is 13.7. The van der Waals surface area contributed by atoms with Crippen LogP contribution in [-0.4, -0.2) is 30.1 Å². The van der Waals surface area contributed by atoms with Crippen molar-refractivity contribution in [3.05, 3.63) is 72.3 Å². The summed E-state index contributed by atoms with van der Waals surface area (Å²) in [7, 11) is 2.10. The SMILES string of the molecule is CC1CCN(c2nc(-c3ccccc3)cc(N(C)Cc3ccccc3)n2)CC1. The highest BCUT2D eigenvalue weighted by atomic mass is 15.3. The molecular weight excluding hydrogens is 344 g/mol. The lowest BCUT2D eigenvalue weighted by atomic mass is 10.00. The van der Waals surface area contributed by atoms with E-state index in [1.807, 2.05) is 6.07 Å². The zero-order valence-electron chi connectivity index (χ0n) is 16.8. The first-order valence-corrected chi connectivity index (χ1v) is 10.1. The molecule has 0 atom stereocenters. The summed E-state index contributed by atoms with van der Waals surface area (Å²) in [5, 5.41) is 0. The van der Waals surface area contributed by atoms with E-state index in [0.29, 0.717) is 0 Å². The van der Waals surface area contributed by atoms with Crippen LogP contribution in [0.1, 0.15) is 25.3 Å². The Kier molecular flexibility index (Phi) is 5.56. The van der Waals surface area contributed by atoms with Crippen molar-refractivity contribution >= 4 is 11.8 Å². The molecule has 4 nitrogen and oxygen atoms in total. The molecule has 0 spiro atoms. The quantitative estimate of drug-likeness (QED) is 0.630. The number of rotatable bonds is 5. The zero-order valence-corrected chi connectivity index (χ0v) is 16.8. The maximum absolute atomic E-state index is 4.94. The third-order valence-corrected chi connectivity index (χ3v) is 5.49. The van der Waals surface area contributed by atoms with E-state index >= 15 is 0 Å². The monoisotopic (exact) mass is 372 g/mol. The first kappa shape index (κ1) is 18.5. The lowest BCUT2D eigenvalue weighted by Crippen LogP contribution is -2.34. The van der Waals surface area contributed by atoms with E-state index in [4.69, 9.17) is 9.97 Å². The van der Waals surface area contributed by atoms with Crippen molar-refractivity contribution < 1.29 is 0 Å². The van der Waals surface area contributed by atoms with Crippen LogP contribution in [0, 0.1) is 5.92 Å². The fourth-order valence-corrected chi connectivity index (χ4v) is 3.66. The molecule has 1 aliphatic heterocycles. The highest BCUT2D eigenvalue weighted by molar-refractivity contribution is 5.65. The van der Waals surface area contributed by atoms with Crippen LogP contribution < -0.4 is 9.80 Å². The molecular formula is C24H28N4. The van der Waals surface area contributed by atoms with E-state index in [1.54, 1.807) is 0 Å². The molecule has 0 unspecified atom stereocenters. The van der Waals surface area contributed by atoms with E-state index < -0.39 is 0 Å². The second kappa shape index (κ2) is 8.42. The van der Waals surface area contributed by atoms with Crippen molar-refractivity contribution in [1.29, 1.82) is 0 Å². The van der Waals surface area contributed by atoms with Crippen molar-refractivity contribution in [1.82, 2.24) is 9.97 Å². The van der Waals surface area contributed by atoms with E-state index in [-0.39, 0.29) is 0 Å². The van der Waals surface area contributed by atoms with Crippen molar-refractivity contribution in [2.45, 2.75) is 26.3 Å². The molecule has 4 heteroatoms. The van der Waals surface area contributed by atoms with Gasteiger partial charge in [0.2, 0.25) is 5.95 Å². The van der Waals surface area contributed by atoms with Gasteiger partial charge in [-0.15, -0.1) is 0 Å². The van der Waals surface area contributed by atoms with Gasteiger partial charge in [0.05, 0.1) is 5.69 Å². The molecule has 2 aromatic carbocycles. The van der Waals surface area contributed by atoms with E-state index in [9.17, 15) is 0 Å². The van der Waals surface area contributed by atoms with E-state index in [0.717, 1.165) is 48.6 Å². The fraction of sp³-hybridized carbons (Fsp3) is 0.333. The maximum Gasteiger partial charge on any atom is 0.227 e. The molecule has 0 saturated carbocycles. The van der Waals surface area contributed by atoms with Gasteiger partial charge < -0.3 is 9.80 Å². The van der Waals surface area contributed by atoms with E-state index in [1.165, 1.54) is 18.4 Å². The average Bonchev–Trinajstić information content (AvgIpc) is 2.75. The Balaban J connectivity index is 1.67. The van der Waals surface area contributed by atoms with Gasteiger partial charge in [0.15, 0.2) is 0 Å². The van der Waals surface area contributed by atoms with Gasteiger partial charge in [-0.3, -0.25) is 0 Å². The van der Waals surface area contributed by atoms with Crippen LogP contribution in [0.25, 0.3) is 11.3 Å². The second-order valence-corrected chi connectivity index (χ2v) is 7.79. The summed E-state index contributed by atoms with van der Waals surface area (Å²) in [6, 6.07) is 23.0. The number of hydrogen-bond acceptors (Lipinski definition) is 4. The fourth-order valence-electron chi connectivity index (χ4n) is 3.66. The van der Waals surface area contributed by atoms with Crippen LogP contribution in [0.4, 0.5) is 11.8 Å². The predicted molar refractivity (Wildman–Crippen MR) is 117 cm³/mol. The summed E-state index contributed by atoms with van der Waals surface area (Å²) in [6.45, 7) is 5.21. The van der Waals surface area contributed by atoms with Gasteiger partial charge in [0, 0.05) is 38.3 Å². The Morgan fingerprint density at radius 1 is 0.929 bits per heavy atom. The Bertz CT molecular complexity index is 887. The molecule has 1 aliphatic rings. The van der Waals surface area contributed by atoms with Crippen LogP contribution in [0.3, 0.4) is 0 Å². The molecule has 1 saturated heterocycles. The maximum atomic E-state index is 4.94. The lowest BCUT2D eigenvalue weighted by molar-refractivity contribution is 0.434. The summed E-state index contributed by atoms with van der Waals surface area (Å²) in [4.78, 5) is 14.4. The van der Waals surface area contributed by atoms with Crippen LogP contribution in [0.5, 0.6) is 0 Å². The minimum atomic E-state index is 0.786. The van der Waals surface area contributed by atoms with Crippen molar-refractivity contribution in [2.75, 3.05) is 29.9 Å². The van der Waals surface area contributed by atoms with Gasteiger partial charge in [-0.2, -0.15) is 4.98 Å². The number of hydrogen-bond donors (Lipinski definition) is 0. The van der Waals surface area contributed by atoms with E-state index in [2.05, 4.69) is 84.4 Å².